The van der Waals surface area contributed by atoms with E-state index in [0.29, 0.717) is 26.1 Å². The van der Waals surface area contributed by atoms with Crippen molar-refractivity contribution < 1.29 is 18.0 Å². The molecule has 0 spiro atoms. The summed E-state index contributed by atoms with van der Waals surface area (Å²) in [5, 5.41) is 0. The molecule has 3 rings (SSSR count). The van der Waals surface area contributed by atoms with Gasteiger partial charge in [-0.25, -0.2) is 13.2 Å². The highest BCUT2D eigenvalue weighted by molar-refractivity contribution is 5.78. The number of hydrogen-bond donors (Lipinski definition) is 0. The van der Waals surface area contributed by atoms with Gasteiger partial charge in [-0.3, -0.25) is 9.69 Å². The zero-order valence-corrected chi connectivity index (χ0v) is 19.0. The smallest absolute Gasteiger partial charge is 0.236 e. The summed E-state index contributed by atoms with van der Waals surface area (Å²) < 4.78 is 41.4. The standard InChI is InChI=1S/C25H32F3N3O/c1-29(2)17-25(32)30(3)24(15-18-7-9-20(26)10-8-18)19-11-13-31(14-12-19)16-21-22(27)5-4-6-23(21)28/h4-10,19,24H,11-17H2,1-3H3. The summed E-state index contributed by atoms with van der Waals surface area (Å²) in [5.41, 5.74) is 1.09. The van der Waals surface area contributed by atoms with Gasteiger partial charge in [0.1, 0.15) is 17.5 Å². The number of carbonyl (C=O) groups is 1. The molecule has 1 fully saturated rings. The van der Waals surface area contributed by atoms with Gasteiger partial charge >= 0.3 is 0 Å². The van der Waals surface area contributed by atoms with Crippen molar-refractivity contribution in [3.8, 4) is 0 Å². The predicted octanol–water partition coefficient (Wildman–Crippen LogP) is 3.95. The van der Waals surface area contributed by atoms with Gasteiger partial charge in [0.25, 0.3) is 0 Å². The molecule has 0 saturated carbocycles. The third-order valence-electron chi connectivity index (χ3n) is 6.32. The van der Waals surface area contributed by atoms with E-state index in [4.69, 9.17) is 0 Å². The molecule has 7 heteroatoms. The van der Waals surface area contributed by atoms with Gasteiger partial charge in [-0.05, 0) is 82.2 Å². The third-order valence-corrected chi connectivity index (χ3v) is 6.32. The van der Waals surface area contributed by atoms with E-state index in [1.807, 2.05) is 30.9 Å². The molecule has 1 saturated heterocycles. The van der Waals surface area contributed by atoms with Crippen LogP contribution in [0.2, 0.25) is 0 Å². The number of likely N-dealkylation sites (N-methyl/N-ethyl adjacent to an activating group) is 2. The number of likely N-dealkylation sites (tertiary alicyclic amines) is 1. The number of piperidine rings is 1. The fourth-order valence-corrected chi connectivity index (χ4v) is 4.45. The van der Waals surface area contributed by atoms with Crippen LogP contribution in [0, 0.1) is 23.4 Å². The molecule has 174 valence electrons. The zero-order valence-electron chi connectivity index (χ0n) is 19.0. The monoisotopic (exact) mass is 447 g/mol. The molecular formula is C25H32F3N3O. The van der Waals surface area contributed by atoms with Crippen molar-refractivity contribution in [1.82, 2.24) is 14.7 Å². The highest BCUT2D eigenvalue weighted by Crippen LogP contribution is 2.28. The molecule has 2 aromatic rings. The minimum atomic E-state index is -0.518. The molecule has 0 aliphatic carbocycles. The van der Waals surface area contributed by atoms with Gasteiger partial charge in [0, 0.05) is 25.2 Å². The quantitative estimate of drug-likeness (QED) is 0.613. The fraction of sp³-hybridized carbons (Fsp3) is 0.480. The van der Waals surface area contributed by atoms with Crippen molar-refractivity contribution in [2.75, 3.05) is 40.8 Å². The van der Waals surface area contributed by atoms with Crippen molar-refractivity contribution in [2.24, 2.45) is 5.92 Å². The van der Waals surface area contributed by atoms with E-state index in [9.17, 15) is 18.0 Å². The molecule has 1 aliphatic rings. The second kappa shape index (κ2) is 11.0. The molecule has 2 aromatic carbocycles. The van der Waals surface area contributed by atoms with Gasteiger partial charge in [0.15, 0.2) is 0 Å². The summed E-state index contributed by atoms with van der Waals surface area (Å²) >= 11 is 0. The first-order valence-corrected chi connectivity index (χ1v) is 11.0. The molecule has 32 heavy (non-hydrogen) atoms. The number of carbonyl (C=O) groups excluding carboxylic acids is 1. The molecular weight excluding hydrogens is 415 g/mol. The minimum absolute atomic E-state index is 0.0275. The maximum absolute atomic E-state index is 14.0. The van der Waals surface area contributed by atoms with Gasteiger partial charge in [-0.1, -0.05) is 18.2 Å². The Balaban J connectivity index is 1.69. The van der Waals surface area contributed by atoms with Gasteiger partial charge < -0.3 is 9.80 Å². The number of amides is 1. The van der Waals surface area contributed by atoms with Crippen LogP contribution in [0.1, 0.15) is 24.0 Å². The lowest BCUT2D eigenvalue weighted by molar-refractivity contribution is -0.134. The van der Waals surface area contributed by atoms with Crippen LogP contribution in [-0.4, -0.2) is 67.4 Å². The van der Waals surface area contributed by atoms with Crippen LogP contribution in [0.5, 0.6) is 0 Å². The summed E-state index contributed by atoms with van der Waals surface area (Å²) in [4.78, 5) is 18.5. The summed E-state index contributed by atoms with van der Waals surface area (Å²) in [7, 11) is 5.56. The summed E-state index contributed by atoms with van der Waals surface area (Å²) in [6.45, 7) is 1.97. The Morgan fingerprint density at radius 1 is 1.00 bits per heavy atom. The Morgan fingerprint density at radius 3 is 2.16 bits per heavy atom. The van der Waals surface area contributed by atoms with E-state index in [-0.39, 0.29) is 35.8 Å². The second-order valence-electron chi connectivity index (χ2n) is 8.95. The first-order chi connectivity index (χ1) is 15.2. The normalized spacial score (nSPS) is 16.3. The molecule has 0 N–H and O–H groups in total. The summed E-state index contributed by atoms with van der Waals surface area (Å²) in [5.74, 6) is -1.03. The average Bonchev–Trinajstić information content (AvgIpc) is 2.75. The predicted molar refractivity (Wildman–Crippen MR) is 120 cm³/mol. The molecule has 1 aliphatic heterocycles. The van der Waals surface area contributed by atoms with Crippen molar-refractivity contribution in [3.63, 3.8) is 0 Å². The van der Waals surface area contributed by atoms with Gasteiger partial charge in [-0.15, -0.1) is 0 Å². The lowest BCUT2D eigenvalue weighted by Gasteiger charge is -2.40. The van der Waals surface area contributed by atoms with Crippen molar-refractivity contribution >= 4 is 5.91 Å². The molecule has 0 bridgehead atoms. The topological polar surface area (TPSA) is 26.8 Å². The number of halogens is 3. The van der Waals surface area contributed by atoms with Crippen LogP contribution in [0.15, 0.2) is 42.5 Å². The maximum atomic E-state index is 14.0. The third kappa shape index (κ3) is 6.33. The molecule has 0 radical (unpaired) electrons. The Morgan fingerprint density at radius 2 is 1.59 bits per heavy atom. The zero-order chi connectivity index (χ0) is 23.3. The molecule has 1 atom stereocenters. The van der Waals surface area contributed by atoms with E-state index in [2.05, 4.69) is 4.90 Å². The van der Waals surface area contributed by atoms with Gasteiger partial charge in [0.05, 0.1) is 6.54 Å². The lowest BCUT2D eigenvalue weighted by Crippen LogP contribution is -2.49. The summed E-state index contributed by atoms with van der Waals surface area (Å²) in [6.07, 6.45) is 2.28. The maximum Gasteiger partial charge on any atom is 0.236 e. The van der Waals surface area contributed by atoms with Crippen LogP contribution in [0.3, 0.4) is 0 Å². The molecule has 1 unspecified atom stereocenters. The van der Waals surface area contributed by atoms with Gasteiger partial charge in [0.2, 0.25) is 5.91 Å². The number of rotatable bonds is 8. The molecule has 1 amide bonds. The van der Waals surface area contributed by atoms with E-state index >= 15 is 0 Å². The minimum Gasteiger partial charge on any atom is -0.341 e. The van der Waals surface area contributed by atoms with Crippen molar-refractivity contribution in [3.05, 3.63) is 71.0 Å². The second-order valence-corrected chi connectivity index (χ2v) is 8.95. The molecule has 0 aromatic heterocycles. The number of benzene rings is 2. The van der Waals surface area contributed by atoms with E-state index in [1.54, 1.807) is 12.1 Å². The number of hydrogen-bond acceptors (Lipinski definition) is 3. The van der Waals surface area contributed by atoms with Crippen LogP contribution in [0.25, 0.3) is 0 Å². The first kappa shape index (κ1) is 24.3. The fourth-order valence-electron chi connectivity index (χ4n) is 4.45. The highest BCUT2D eigenvalue weighted by atomic mass is 19.1. The molecule has 4 nitrogen and oxygen atoms in total. The van der Waals surface area contributed by atoms with Crippen molar-refractivity contribution in [2.45, 2.75) is 31.8 Å². The average molecular weight is 448 g/mol. The van der Waals surface area contributed by atoms with Crippen LogP contribution < -0.4 is 0 Å². The van der Waals surface area contributed by atoms with E-state index < -0.39 is 11.6 Å². The largest absolute Gasteiger partial charge is 0.341 e. The Labute approximate surface area is 188 Å². The van der Waals surface area contributed by atoms with Gasteiger partial charge in [-0.2, -0.15) is 0 Å². The first-order valence-electron chi connectivity index (χ1n) is 11.0. The van der Waals surface area contributed by atoms with Crippen LogP contribution in [0.4, 0.5) is 13.2 Å². The highest BCUT2D eigenvalue weighted by Gasteiger charge is 2.32. The van der Waals surface area contributed by atoms with Crippen LogP contribution in [-0.2, 0) is 17.8 Å². The Hall–Kier alpha value is -2.38. The lowest BCUT2D eigenvalue weighted by atomic mass is 9.84. The van der Waals surface area contributed by atoms with E-state index in [1.165, 1.54) is 30.3 Å². The Kier molecular flexibility index (Phi) is 8.32. The summed E-state index contributed by atoms with van der Waals surface area (Å²) in [6, 6.07) is 10.3. The Bertz CT molecular complexity index is 876. The van der Waals surface area contributed by atoms with Crippen molar-refractivity contribution in [1.29, 1.82) is 0 Å². The van der Waals surface area contributed by atoms with Crippen LogP contribution >= 0.6 is 0 Å². The molecule has 1 heterocycles. The van der Waals surface area contributed by atoms with E-state index in [0.717, 1.165) is 18.4 Å². The SMILES string of the molecule is CN(C)CC(=O)N(C)C(Cc1ccc(F)cc1)C1CCN(Cc2c(F)cccc2F)CC1. The number of nitrogens with zero attached hydrogens (tertiary/aromatic N) is 3.